The highest BCUT2D eigenvalue weighted by molar-refractivity contribution is 6.34. The van der Waals surface area contributed by atoms with E-state index in [1.54, 1.807) is 25.1 Å². The smallest absolute Gasteiger partial charge is 0.0650 e. The van der Waals surface area contributed by atoms with E-state index in [4.69, 9.17) is 34.0 Å². The van der Waals surface area contributed by atoms with E-state index in [1.807, 2.05) is 0 Å². The van der Waals surface area contributed by atoms with Gasteiger partial charge in [-0.1, -0.05) is 23.2 Å². The van der Waals surface area contributed by atoms with Gasteiger partial charge in [0, 0.05) is 10.0 Å². The third-order valence-corrected chi connectivity index (χ3v) is 2.29. The molecule has 0 saturated heterocycles. The summed E-state index contributed by atoms with van der Waals surface area (Å²) >= 11 is 11.6. The normalized spacial score (nSPS) is 15.5. The summed E-state index contributed by atoms with van der Waals surface area (Å²) in [6.45, 7) is 1.57. The van der Waals surface area contributed by atoms with Crippen LogP contribution in [-0.4, -0.2) is 11.7 Å². The van der Waals surface area contributed by atoms with Gasteiger partial charge in [0.1, 0.15) is 0 Å². The van der Waals surface area contributed by atoms with Gasteiger partial charge >= 0.3 is 0 Å². The van der Waals surface area contributed by atoms with E-state index in [1.165, 1.54) is 0 Å². The molecule has 0 bridgehead atoms. The number of aliphatic hydroxyl groups is 1. The SMILES string of the molecule is C[C@](N)(CO)c1cc(Cl)cc(Cl)c1. The van der Waals surface area contributed by atoms with E-state index in [-0.39, 0.29) is 6.61 Å². The summed E-state index contributed by atoms with van der Waals surface area (Å²) in [7, 11) is 0. The molecule has 2 nitrogen and oxygen atoms in total. The second-order valence-corrected chi connectivity index (χ2v) is 4.11. The maximum absolute atomic E-state index is 9.02. The first-order valence-corrected chi connectivity index (χ1v) is 4.57. The molecular weight excluding hydrogens is 209 g/mol. The standard InChI is InChI=1S/C9H11Cl2NO/c1-9(12,5-13)6-2-7(10)4-8(11)3-6/h2-4,13H,5,12H2,1H3/t9-/m0/s1. The van der Waals surface area contributed by atoms with Crippen LogP contribution in [0.3, 0.4) is 0 Å². The Balaban J connectivity index is 3.15. The van der Waals surface area contributed by atoms with Crippen molar-refractivity contribution in [1.29, 1.82) is 0 Å². The summed E-state index contributed by atoms with van der Waals surface area (Å²) in [5, 5.41) is 10.1. The Morgan fingerprint density at radius 1 is 1.31 bits per heavy atom. The van der Waals surface area contributed by atoms with Crippen LogP contribution in [0.1, 0.15) is 12.5 Å². The average molecular weight is 220 g/mol. The molecule has 0 saturated carbocycles. The van der Waals surface area contributed by atoms with Crippen LogP contribution in [0.5, 0.6) is 0 Å². The predicted octanol–water partition coefficient (Wildman–Crippen LogP) is 2.16. The molecule has 4 heteroatoms. The third-order valence-electron chi connectivity index (χ3n) is 1.85. The zero-order chi connectivity index (χ0) is 10.1. The molecular formula is C9H11Cl2NO. The number of benzene rings is 1. The van der Waals surface area contributed by atoms with E-state index in [0.717, 1.165) is 5.56 Å². The molecule has 0 unspecified atom stereocenters. The summed E-state index contributed by atoms with van der Waals surface area (Å²) in [5.41, 5.74) is 5.74. The Kier molecular flexibility index (Phi) is 3.19. The van der Waals surface area contributed by atoms with Gasteiger partial charge in [0.25, 0.3) is 0 Å². The van der Waals surface area contributed by atoms with Crippen LogP contribution in [0.15, 0.2) is 18.2 Å². The summed E-state index contributed by atoms with van der Waals surface area (Å²) in [5.74, 6) is 0. The molecule has 0 fully saturated rings. The van der Waals surface area contributed by atoms with Crippen LogP contribution in [0.4, 0.5) is 0 Å². The molecule has 72 valence electrons. The number of hydrogen-bond donors (Lipinski definition) is 2. The molecule has 1 atom stereocenters. The van der Waals surface area contributed by atoms with E-state index in [0.29, 0.717) is 10.0 Å². The zero-order valence-corrected chi connectivity index (χ0v) is 8.73. The molecule has 1 aromatic carbocycles. The van der Waals surface area contributed by atoms with Crippen LogP contribution in [0, 0.1) is 0 Å². The molecule has 0 radical (unpaired) electrons. The Hall–Kier alpha value is -0.280. The second kappa shape index (κ2) is 3.84. The highest BCUT2D eigenvalue weighted by Gasteiger charge is 2.20. The van der Waals surface area contributed by atoms with E-state index >= 15 is 0 Å². The fraction of sp³-hybridized carbons (Fsp3) is 0.333. The topological polar surface area (TPSA) is 46.2 Å². The van der Waals surface area contributed by atoms with Crippen molar-refractivity contribution in [3.05, 3.63) is 33.8 Å². The summed E-state index contributed by atoms with van der Waals surface area (Å²) in [6.07, 6.45) is 0. The molecule has 0 aromatic heterocycles. The summed E-state index contributed by atoms with van der Waals surface area (Å²) in [6, 6.07) is 5.02. The van der Waals surface area contributed by atoms with Crippen LogP contribution in [0.25, 0.3) is 0 Å². The van der Waals surface area contributed by atoms with Gasteiger partial charge in [-0.2, -0.15) is 0 Å². The highest BCUT2D eigenvalue weighted by atomic mass is 35.5. The minimum atomic E-state index is -0.797. The molecule has 0 aliphatic rings. The van der Waals surface area contributed by atoms with Crippen molar-refractivity contribution in [2.45, 2.75) is 12.5 Å². The van der Waals surface area contributed by atoms with Crippen molar-refractivity contribution < 1.29 is 5.11 Å². The summed E-state index contributed by atoms with van der Waals surface area (Å²) in [4.78, 5) is 0. The zero-order valence-electron chi connectivity index (χ0n) is 7.22. The first kappa shape index (κ1) is 10.8. The lowest BCUT2D eigenvalue weighted by molar-refractivity contribution is 0.210. The van der Waals surface area contributed by atoms with Crippen molar-refractivity contribution in [2.24, 2.45) is 5.73 Å². The molecule has 0 spiro atoms. The van der Waals surface area contributed by atoms with Crippen LogP contribution in [0.2, 0.25) is 10.0 Å². The maximum Gasteiger partial charge on any atom is 0.0650 e. The molecule has 13 heavy (non-hydrogen) atoms. The first-order valence-electron chi connectivity index (χ1n) is 3.82. The van der Waals surface area contributed by atoms with Crippen LogP contribution in [-0.2, 0) is 5.54 Å². The molecule has 0 amide bonds. The quantitative estimate of drug-likeness (QED) is 0.802. The molecule has 1 aromatic rings. The van der Waals surface area contributed by atoms with Crippen LogP contribution >= 0.6 is 23.2 Å². The van der Waals surface area contributed by atoms with Gasteiger partial charge in [-0.05, 0) is 30.7 Å². The lowest BCUT2D eigenvalue weighted by atomic mass is 9.94. The number of hydrogen-bond acceptors (Lipinski definition) is 2. The molecule has 1 rings (SSSR count). The fourth-order valence-electron chi connectivity index (χ4n) is 0.975. The highest BCUT2D eigenvalue weighted by Crippen LogP contribution is 2.25. The Morgan fingerprint density at radius 3 is 2.15 bits per heavy atom. The van der Waals surface area contributed by atoms with Gasteiger partial charge in [-0.3, -0.25) is 0 Å². The van der Waals surface area contributed by atoms with Gasteiger partial charge in [-0.15, -0.1) is 0 Å². The van der Waals surface area contributed by atoms with Crippen molar-refractivity contribution in [1.82, 2.24) is 0 Å². The lowest BCUT2D eigenvalue weighted by Crippen LogP contribution is -2.36. The maximum atomic E-state index is 9.02. The van der Waals surface area contributed by atoms with Gasteiger partial charge in [0.05, 0.1) is 12.1 Å². The largest absolute Gasteiger partial charge is 0.394 e. The molecule has 0 aliphatic carbocycles. The lowest BCUT2D eigenvalue weighted by Gasteiger charge is -2.22. The first-order chi connectivity index (χ1) is 5.95. The predicted molar refractivity (Wildman–Crippen MR) is 55.1 cm³/mol. The van der Waals surface area contributed by atoms with Gasteiger partial charge in [0.15, 0.2) is 0 Å². The van der Waals surface area contributed by atoms with Crippen molar-refractivity contribution in [3.63, 3.8) is 0 Å². The molecule has 3 N–H and O–H groups in total. The molecule has 0 heterocycles. The Labute approximate surface area is 87.3 Å². The number of nitrogens with two attached hydrogens (primary N) is 1. The fourth-order valence-corrected chi connectivity index (χ4v) is 1.50. The van der Waals surface area contributed by atoms with Crippen molar-refractivity contribution in [2.75, 3.05) is 6.61 Å². The van der Waals surface area contributed by atoms with Crippen molar-refractivity contribution >= 4 is 23.2 Å². The van der Waals surface area contributed by atoms with Gasteiger partial charge in [-0.25, -0.2) is 0 Å². The monoisotopic (exact) mass is 219 g/mol. The van der Waals surface area contributed by atoms with E-state index in [9.17, 15) is 0 Å². The minimum Gasteiger partial charge on any atom is -0.394 e. The summed E-state index contributed by atoms with van der Waals surface area (Å²) < 4.78 is 0. The third kappa shape index (κ3) is 2.58. The Morgan fingerprint density at radius 2 is 1.77 bits per heavy atom. The van der Waals surface area contributed by atoms with E-state index < -0.39 is 5.54 Å². The number of rotatable bonds is 2. The minimum absolute atomic E-state index is 0.149. The van der Waals surface area contributed by atoms with Crippen LogP contribution < -0.4 is 5.73 Å². The molecule has 0 aliphatic heterocycles. The second-order valence-electron chi connectivity index (χ2n) is 3.23. The van der Waals surface area contributed by atoms with Gasteiger partial charge in [0.2, 0.25) is 0 Å². The Bertz CT molecular complexity index is 292. The number of halogens is 2. The van der Waals surface area contributed by atoms with Crippen molar-refractivity contribution in [3.8, 4) is 0 Å². The van der Waals surface area contributed by atoms with Gasteiger partial charge < -0.3 is 10.8 Å². The van der Waals surface area contributed by atoms with E-state index in [2.05, 4.69) is 0 Å². The number of aliphatic hydroxyl groups excluding tert-OH is 1. The average Bonchev–Trinajstić information content (AvgIpc) is 2.02.